The van der Waals surface area contributed by atoms with Gasteiger partial charge in [0, 0.05) is 13.2 Å². The zero-order valence-electron chi connectivity index (χ0n) is 5.39. The van der Waals surface area contributed by atoms with Crippen molar-refractivity contribution in [2.24, 2.45) is 0 Å². The third kappa shape index (κ3) is 6.31. The first-order chi connectivity index (χ1) is 3.91. The van der Waals surface area contributed by atoms with E-state index in [-0.39, 0.29) is 0 Å². The molecule has 0 saturated carbocycles. The molecule has 0 saturated heterocycles. The second kappa shape index (κ2) is 7.31. The maximum atomic E-state index is 5.17. The molecule has 0 unspecified atom stereocenters. The topological polar surface area (TPSA) is 9.23 Å². The summed E-state index contributed by atoms with van der Waals surface area (Å²) in [6.45, 7) is 3.88. The van der Waals surface area contributed by atoms with E-state index < -0.39 is 0 Å². The van der Waals surface area contributed by atoms with Crippen LogP contribution in [0.25, 0.3) is 0 Å². The highest BCUT2D eigenvalue weighted by molar-refractivity contribution is 7.80. The van der Waals surface area contributed by atoms with Crippen LogP contribution in [-0.2, 0) is 4.74 Å². The second-order valence-corrected chi connectivity index (χ2v) is 2.14. The smallest absolute Gasteiger partial charge is 0.0473 e. The van der Waals surface area contributed by atoms with Crippen molar-refractivity contribution in [1.29, 1.82) is 0 Å². The Kier molecular flexibility index (Phi) is 7.59. The molecule has 0 rings (SSSR count). The molecule has 0 aliphatic carbocycles. The zero-order chi connectivity index (χ0) is 6.24. The van der Waals surface area contributed by atoms with Crippen LogP contribution in [0.2, 0.25) is 0 Å². The minimum Gasteiger partial charge on any atom is -0.381 e. The van der Waals surface area contributed by atoms with E-state index in [1.165, 1.54) is 0 Å². The van der Waals surface area contributed by atoms with Crippen LogP contribution >= 0.6 is 12.6 Å². The van der Waals surface area contributed by atoms with Gasteiger partial charge in [-0.25, -0.2) is 0 Å². The number of hydrogen-bond donors (Lipinski definition) is 1. The Hall–Kier alpha value is 0.310. The van der Waals surface area contributed by atoms with E-state index in [2.05, 4.69) is 19.6 Å². The molecule has 50 valence electrons. The molecule has 0 fully saturated rings. The van der Waals surface area contributed by atoms with E-state index in [9.17, 15) is 0 Å². The van der Waals surface area contributed by atoms with Crippen molar-refractivity contribution >= 4 is 12.6 Å². The van der Waals surface area contributed by atoms with Gasteiger partial charge in [0.1, 0.15) is 0 Å². The van der Waals surface area contributed by atoms with Crippen molar-refractivity contribution in [2.45, 2.75) is 19.8 Å². The third-order valence-electron chi connectivity index (χ3n) is 0.795. The van der Waals surface area contributed by atoms with E-state index in [1.807, 2.05) is 0 Å². The van der Waals surface area contributed by atoms with Crippen molar-refractivity contribution in [3.05, 3.63) is 0 Å². The molecule has 0 aromatic rings. The molecule has 0 aromatic carbocycles. The maximum absolute atomic E-state index is 5.17. The van der Waals surface area contributed by atoms with Gasteiger partial charge in [-0.2, -0.15) is 12.6 Å². The number of ether oxygens (including phenoxy) is 1. The molecule has 8 heavy (non-hydrogen) atoms. The Labute approximate surface area is 56.8 Å². The van der Waals surface area contributed by atoms with Gasteiger partial charge < -0.3 is 4.74 Å². The molecule has 0 heterocycles. The van der Waals surface area contributed by atoms with Crippen molar-refractivity contribution < 1.29 is 4.74 Å². The lowest BCUT2D eigenvalue weighted by Gasteiger charge is -1.97. The molecule has 0 atom stereocenters. The minimum atomic E-state index is 0.872. The summed E-state index contributed by atoms with van der Waals surface area (Å²) < 4.78 is 5.17. The highest BCUT2D eigenvalue weighted by Gasteiger charge is 1.82. The number of rotatable bonds is 5. The molecule has 2 heteroatoms. The van der Waals surface area contributed by atoms with Crippen molar-refractivity contribution in [3.63, 3.8) is 0 Å². The molecule has 0 amide bonds. The Morgan fingerprint density at radius 3 is 2.62 bits per heavy atom. The molecule has 0 aliphatic heterocycles. The zero-order valence-corrected chi connectivity index (χ0v) is 6.29. The van der Waals surface area contributed by atoms with Gasteiger partial charge in [-0.3, -0.25) is 0 Å². The Bertz CT molecular complexity index is 33.5. The monoisotopic (exact) mass is 134 g/mol. The van der Waals surface area contributed by atoms with Crippen molar-refractivity contribution in [2.75, 3.05) is 19.0 Å². The lowest BCUT2D eigenvalue weighted by Crippen LogP contribution is -1.95. The second-order valence-electron chi connectivity index (χ2n) is 1.69. The van der Waals surface area contributed by atoms with E-state index in [1.54, 1.807) is 0 Å². The Morgan fingerprint density at radius 1 is 1.38 bits per heavy atom. The van der Waals surface area contributed by atoms with Gasteiger partial charge in [-0.05, 0) is 18.6 Å². The first kappa shape index (κ1) is 8.31. The fraction of sp³-hybridized carbons (Fsp3) is 1.00. The highest BCUT2D eigenvalue weighted by Crippen LogP contribution is 1.86. The Morgan fingerprint density at radius 2 is 2.12 bits per heavy atom. The summed E-state index contributed by atoms with van der Waals surface area (Å²) in [6.07, 6.45) is 2.19. The van der Waals surface area contributed by atoms with E-state index in [4.69, 9.17) is 4.74 Å². The van der Waals surface area contributed by atoms with Crippen LogP contribution in [0.15, 0.2) is 0 Å². The molecule has 0 aliphatic rings. The minimum absolute atomic E-state index is 0.872. The van der Waals surface area contributed by atoms with E-state index in [0.717, 1.165) is 31.8 Å². The average molecular weight is 134 g/mol. The molecular formula is C6H14OS. The molecule has 0 bridgehead atoms. The molecular weight excluding hydrogens is 120 g/mol. The summed E-state index contributed by atoms with van der Waals surface area (Å²) in [7, 11) is 0. The predicted molar refractivity (Wildman–Crippen MR) is 39.6 cm³/mol. The molecule has 0 spiro atoms. The fourth-order valence-electron chi connectivity index (χ4n) is 0.413. The number of hydrogen-bond acceptors (Lipinski definition) is 2. The van der Waals surface area contributed by atoms with Crippen molar-refractivity contribution in [1.82, 2.24) is 0 Å². The maximum Gasteiger partial charge on any atom is 0.0473 e. The largest absolute Gasteiger partial charge is 0.381 e. The van der Waals surface area contributed by atoms with E-state index in [0.29, 0.717) is 0 Å². The summed E-state index contributed by atoms with van der Waals surface area (Å²) in [6, 6.07) is 0. The van der Waals surface area contributed by atoms with Crippen molar-refractivity contribution in [3.8, 4) is 0 Å². The van der Waals surface area contributed by atoms with Gasteiger partial charge in [0.15, 0.2) is 0 Å². The van der Waals surface area contributed by atoms with Crippen LogP contribution in [0.5, 0.6) is 0 Å². The van der Waals surface area contributed by atoms with E-state index >= 15 is 0 Å². The normalized spacial score (nSPS) is 9.75. The van der Waals surface area contributed by atoms with Crippen LogP contribution in [0.3, 0.4) is 0 Å². The lowest BCUT2D eigenvalue weighted by molar-refractivity contribution is 0.136. The van der Waals surface area contributed by atoms with Gasteiger partial charge in [-0.1, -0.05) is 6.92 Å². The van der Waals surface area contributed by atoms with Gasteiger partial charge in [0.25, 0.3) is 0 Å². The summed E-state index contributed by atoms with van der Waals surface area (Å²) in [5.41, 5.74) is 0. The van der Waals surface area contributed by atoms with Gasteiger partial charge in [0.2, 0.25) is 0 Å². The molecule has 0 N–H and O–H groups in total. The number of thiol groups is 1. The van der Waals surface area contributed by atoms with Crippen LogP contribution in [0.1, 0.15) is 19.8 Å². The van der Waals surface area contributed by atoms with Gasteiger partial charge >= 0.3 is 0 Å². The summed E-state index contributed by atoms with van der Waals surface area (Å²) in [5, 5.41) is 0. The molecule has 1 nitrogen and oxygen atoms in total. The first-order valence-electron chi connectivity index (χ1n) is 3.10. The summed E-state index contributed by atoms with van der Waals surface area (Å²) in [5.74, 6) is 0.934. The third-order valence-corrected chi connectivity index (χ3v) is 1.11. The quantitative estimate of drug-likeness (QED) is 0.445. The standard InChI is InChI=1S/C6H14OS/c1-2-4-7-5-3-6-8/h8H,2-6H2,1H3. The van der Waals surface area contributed by atoms with Crippen LogP contribution in [0, 0.1) is 0 Å². The average Bonchev–Trinajstić information content (AvgIpc) is 1.81. The molecule has 0 radical (unpaired) electrons. The predicted octanol–water partition coefficient (Wildman–Crippen LogP) is 1.73. The first-order valence-corrected chi connectivity index (χ1v) is 3.73. The summed E-state index contributed by atoms with van der Waals surface area (Å²) >= 11 is 4.04. The Balaban J connectivity index is 2.53. The van der Waals surface area contributed by atoms with Gasteiger partial charge in [0.05, 0.1) is 0 Å². The van der Waals surface area contributed by atoms with Crippen LogP contribution in [0.4, 0.5) is 0 Å². The SMILES string of the molecule is CCCOCCCS. The lowest BCUT2D eigenvalue weighted by atomic mass is 10.5. The fourth-order valence-corrected chi connectivity index (χ4v) is 0.542. The summed E-state index contributed by atoms with van der Waals surface area (Å²) in [4.78, 5) is 0. The van der Waals surface area contributed by atoms with Gasteiger partial charge in [-0.15, -0.1) is 0 Å². The molecule has 0 aromatic heterocycles. The highest BCUT2D eigenvalue weighted by atomic mass is 32.1. The van der Waals surface area contributed by atoms with Crippen LogP contribution < -0.4 is 0 Å². The van der Waals surface area contributed by atoms with Crippen LogP contribution in [-0.4, -0.2) is 19.0 Å².